The van der Waals surface area contributed by atoms with Crippen molar-refractivity contribution in [1.29, 1.82) is 0 Å². The van der Waals surface area contributed by atoms with Crippen LogP contribution in [0.2, 0.25) is 0 Å². The highest BCUT2D eigenvalue weighted by atomic mass is 16.5. The lowest BCUT2D eigenvalue weighted by molar-refractivity contribution is 0.0230. The van der Waals surface area contributed by atoms with Gasteiger partial charge >= 0.3 is 0 Å². The molecule has 0 heterocycles. The van der Waals surface area contributed by atoms with Crippen molar-refractivity contribution in [3.8, 4) is 5.75 Å². The Balaban J connectivity index is 2.57. The van der Waals surface area contributed by atoms with Crippen LogP contribution in [0.4, 0.5) is 0 Å². The average molecular weight is 267 g/mol. The predicted molar refractivity (Wildman–Crippen MR) is 76.5 cm³/mol. The zero-order valence-electron chi connectivity index (χ0n) is 12.3. The fourth-order valence-electron chi connectivity index (χ4n) is 1.92. The van der Waals surface area contributed by atoms with E-state index in [2.05, 4.69) is 12.2 Å². The molecule has 0 amide bonds. The number of methoxy groups -OCH3 is 2. The highest BCUT2D eigenvalue weighted by Crippen LogP contribution is 2.24. The SMILES string of the molecule is COCCC(C)(O)CNC(C)c1ccccc1OC. The maximum Gasteiger partial charge on any atom is 0.123 e. The topological polar surface area (TPSA) is 50.7 Å². The van der Waals surface area contributed by atoms with Crippen LogP contribution in [-0.2, 0) is 4.74 Å². The lowest BCUT2D eigenvalue weighted by Gasteiger charge is -2.26. The second-order valence-corrected chi connectivity index (χ2v) is 5.08. The lowest BCUT2D eigenvalue weighted by atomic mass is 10.0. The van der Waals surface area contributed by atoms with Gasteiger partial charge in [0.25, 0.3) is 0 Å². The van der Waals surface area contributed by atoms with Crippen molar-refractivity contribution in [2.45, 2.75) is 31.9 Å². The zero-order chi connectivity index (χ0) is 14.3. The lowest BCUT2D eigenvalue weighted by Crippen LogP contribution is -2.39. The number of nitrogens with one attached hydrogen (secondary N) is 1. The molecule has 2 atom stereocenters. The Morgan fingerprint density at radius 1 is 1.32 bits per heavy atom. The number of hydrogen-bond acceptors (Lipinski definition) is 4. The van der Waals surface area contributed by atoms with Crippen molar-refractivity contribution >= 4 is 0 Å². The van der Waals surface area contributed by atoms with Crippen molar-refractivity contribution < 1.29 is 14.6 Å². The third kappa shape index (κ3) is 5.19. The molecule has 0 saturated carbocycles. The molecule has 1 rings (SSSR count). The molecule has 0 saturated heterocycles. The maximum absolute atomic E-state index is 10.2. The fraction of sp³-hybridized carbons (Fsp3) is 0.600. The number of ether oxygens (including phenoxy) is 2. The molecule has 0 fully saturated rings. The number of rotatable bonds is 8. The quantitative estimate of drug-likeness (QED) is 0.757. The Bertz CT molecular complexity index is 379. The normalized spacial score (nSPS) is 15.8. The Morgan fingerprint density at radius 3 is 2.63 bits per heavy atom. The summed E-state index contributed by atoms with van der Waals surface area (Å²) in [6.45, 7) is 4.94. The highest BCUT2D eigenvalue weighted by Gasteiger charge is 2.21. The maximum atomic E-state index is 10.2. The summed E-state index contributed by atoms with van der Waals surface area (Å²) in [5.74, 6) is 0.860. The summed E-state index contributed by atoms with van der Waals surface area (Å²) in [6, 6.07) is 8.02. The van der Waals surface area contributed by atoms with Gasteiger partial charge in [0, 0.05) is 38.3 Å². The highest BCUT2D eigenvalue weighted by molar-refractivity contribution is 5.35. The molecule has 0 aliphatic rings. The van der Waals surface area contributed by atoms with Crippen LogP contribution in [0.5, 0.6) is 5.75 Å². The second kappa shape index (κ2) is 7.48. The fourth-order valence-corrected chi connectivity index (χ4v) is 1.92. The van der Waals surface area contributed by atoms with Crippen LogP contribution in [0.3, 0.4) is 0 Å². The molecule has 0 aliphatic heterocycles. The van der Waals surface area contributed by atoms with Gasteiger partial charge in [-0.05, 0) is 19.9 Å². The number of para-hydroxylation sites is 1. The van der Waals surface area contributed by atoms with E-state index in [1.165, 1.54) is 0 Å². The summed E-state index contributed by atoms with van der Waals surface area (Å²) >= 11 is 0. The van der Waals surface area contributed by atoms with Crippen molar-refractivity contribution in [2.24, 2.45) is 0 Å². The molecule has 0 spiro atoms. The Kier molecular flexibility index (Phi) is 6.28. The minimum Gasteiger partial charge on any atom is -0.496 e. The van der Waals surface area contributed by atoms with E-state index >= 15 is 0 Å². The molecule has 4 heteroatoms. The van der Waals surface area contributed by atoms with Gasteiger partial charge in [0.2, 0.25) is 0 Å². The van der Waals surface area contributed by atoms with Gasteiger partial charge in [0.15, 0.2) is 0 Å². The van der Waals surface area contributed by atoms with E-state index in [9.17, 15) is 5.11 Å². The van der Waals surface area contributed by atoms with Gasteiger partial charge in [-0.15, -0.1) is 0 Å². The van der Waals surface area contributed by atoms with Gasteiger partial charge < -0.3 is 19.9 Å². The first-order valence-electron chi connectivity index (χ1n) is 6.58. The molecule has 2 N–H and O–H groups in total. The van der Waals surface area contributed by atoms with E-state index in [4.69, 9.17) is 9.47 Å². The Labute approximate surface area is 115 Å². The van der Waals surface area contributed by atoms with Crippen LogP contribution in [0.15, 0.2) is 24.3 Å². The van der Waals surface area contributed by atoms with Gasteiger partial charge in [0.1, 0.15) is 5.75 Å². The predicted octanol–water partition coefficient (Wildman–Crippen LogP) is 2.13. The number of aliphatic hydroxyl groups is 1. The monoisotopic (exact) mass is 267 g/mol. The van der Waals surface area contributed by atoms with Crippen molar-refractivity contribution in [1.82, 2.24) is 5.32 Å². The average Bonchev–Trinajstić information content (AvgIpc) is 2.42. The van der Waals surface area contributed by atoms with Crippen LogP contribution < -0.4 is 10.1 Å². The molecule has 0 aromatic heterocycles. The van der Waals surface area contributed by atoms with E-state index in [1.807, 2.05) is 31.2 Å². The molecular weight excluding hydrogens is 242 g/mol. The molecular formula is C15H25NO3. The molecule has 1 aromatic carbocycles. The van der Waals surface area contributed by atoms with Crippen LogP contribution >= 0.6 is 0 Å². The Morgan fingerprint density at radius 2 is 2.00 bits per heavy atom. The molecule has 108 valence electrons. The van der Waals surface area contributed by atoms with E-state index in [1.54, 1.807) is 14.2 Å². The van der Waals surface area contributed by atoms with Crippen molar-refractivity contribution in [3.05, 3.63) is 29.8 Å². The number of benzene rings is 1. The molecule has 1 aromatic rings. The van der Waals surface area contributed by atoms with Gasteiger partial charge in [-0.25, -0.2) is 0 Å². The molecule has 0 bridgehead atoms. The summed E-state index contributed by atoms with van der Waals surface area (Å²) in [4.78, 5) is 0. The van der Waals surface area contributed by atoms with Crippen molar-refractivity contribution in [2.75, 3.05) is 27.4 Å². The first kappa shape index (κ1) is 16.0. The second-order valence-electron chi connectivity index (χ2n) is 5.08. The van der Waals surface area contributed by atoms with E-state index in [-0.39, 0.29) is 6.04 Å². The van der Waals surface area contributed by atoms with E-state index in [0.29, 0.717) is 19.6 Å². The van der Waals surface area contributed by atoms with Gasteiger partial charge in [-0.1, -0.05) is 18.2 Å². The zero-order valence-corrected chi connectivity index (χ0v) is 12.3. The van der Waals surface area contributed by atoms with Crippen LogP contribution in [0.1, 0.15) is 31.9 Å². The van der Waals surface area contributed by atoms with E-state index < -0.39 is 5.60 Å². The third-order valence-electron chi connectivity index (χ3n) is 3.24. The molecule has 2 unspecified atom stereocenters. The first-order valence-corrected chi connectivity index (χ1v) is 6.58. The standard InChI is InChI=1S/C15H25NO3/c1-12(13-7-5-6-8-14(13)19-4)16-11-15(2,17)9-10-18-3/h5-8,12,16-17H,9-11H2,1-4H3. The van der Waals surface area contributed by atoms with Crippen LogP contribution in [-0.4, -0.2) is 38.1 Å². The van der Waals surface area contributed by atoms with Gasteiger partial charge in [0.05, 0.1) is 12.7 Å². The summed E-state index contributed by atoms with van der Waals surface area (Å²) in [5.41, 5.74) is 0.319. The smallest absolute Gasteiger partial charge is 0.123 e. The largest absolute Gasteiger partial charge is 0.496 e. The van der Waals surface area contributed by atoms with Crippen LogP contribution in [0.25, 0.3) is 0 Å². The van der Waals surface area contributed by atoms with E-state index in [0.717, 1.165) is 11.3 Å². The first-order chi connectivity index (χ1) is 9.00. The molecule has 19 heavy (non-hydrogen) atoms. The van der Waals surface area contributed by atoms with Crippen molar-refractivity contribution in [3.63, 3.8) is 0 Å². The molecule has 0 radical (unpaired) electrons. The minimum absolute atomic E-state index is 0.116. The molecule has 0 aliphatic carbocycles. The minimum atomic E-state index is -0.772. The van der Waals surface area contributed by atoms with Crippen LogP contribution in [0, 0.1) is 0 Å². The van der Waals surface area contributed by atoms with Gasteiger partial charge in [-0.2, -0.15) is 0 Å². The van der Waals surface area contributed by atoms with Gasteiger partial charge in [-0.3, -0.25) is 0 Å². The Hall–Kier alpha value is -1.10. The summed E-state index contributed by atoms with van der Waals surface area (Å²) in [5, 5.41) is 13.5. The summed E-state index contributed by atoms with van der Waals surface area (Å²) in [6.07, 6.45) is 0.606. The third-order valence-corrected chi connectivity index (χ3v) is 3.24. The molecule has 4 nitrogen and oxygen atoms in total. The summed E-state index contributed by atoms with van der Waals surface area (Å²) in [7, 11) is 3.31. The number of hydrogen-bond donors (Lipinski definition) is 2. The summed E-state index contributed by atoms with van der Waals surface area (Å²) < 4.78 is 10.3.